The van der Waals surface area contributed by atoms with Crippen LogP contribution in [0.5, 0.6) is 11.6 Å². The zero-order valence-corrected chi connectivity index (χ0v) is 11.7. The molecular weight excluding hydrogens is 260 g/mol. The lowest BCUT2D eigenvalue weighted by atomic mass is 10.0. The third-order valence-electron chi connectivity index (χ3n) is 3.65. The molecule has 3 nitrogen and oxygen atoms in total. The lowest BCUT2D eigenvalue weighted by Gasteiger charge is -2.19. The maximum Gasteiger partial charge on any atom is 0.223 e. The smallest absolute Gasteiger partial charge is 0.223 e. The van der Waals surface area contributed by atoms with Crippen molar-refractivity contribution in [3.05, 3.63) is 71.4 Å². The predicted octanol–water partition coefficient (Wildman–Crippen LogP) is 4.15. The summed E-state index contributed by atoms with van der Waals surface area (Å²) in [7, 11) is 0. The van der Waals surface area contributed by atoms with Crippen molar-refractivity contribution in [3.63, 3.8) is 0 Å². The summed E-state index contributed by atoms with van der Waals surface area (Å²) in [6, 6.07) is 18.1. The number of ether oxygens (including phenoxy) is 1. The first kappa shape index (κ1) is 12.1. The van der Waals surface area contributed by atoms with Crippen molar-refractivity contribution in [2.24, 2.45) is 0 Å². The molecule has 3 aromatic rings. The normalized spacial score (nSPS) is 12.2. The third-order valence-corrected chi connectivity index (χ3v) is 3.65. The van der Waals surface area contributed by atoms with Crippen molar-refractivity contribution in [2.75, 3.05) is 0 Å². The van der Waals surface area contributed by atoms with Gasteiger partial charge in [0.1, 0.15) is 5.75 Å². The Kier molecular flexibility index (Phi) is 2.71. The molecule has 102 valence electrons. The molecular formula is C18H14N2O. The molecule has 0 amide bonds. The monoisotopic (exact) mass is 274 g/mol. The molecule has 3 heterocycles. The average Bonchev–Trinajstić information content (AvgIpc) is 2.52. The Labute approximate surface area is 123 Å². The molecule has 0 N–H and O–H groups in total. The quantitative estimate of drug-likeness (QED) is 0.523. The van der Waals surface area contributed by atoms with Gasteiger partial charge in [-0.25, -0.2) is 4.98 Å². The van der Waals surface area contributed by atoms with Gasteiger partial charge in [0.15, 0.2) is 0 Å². The van der Waals surface area contributed by atoms with E-state index in [9.17, 15) is 0 Å². The van der Waals surface area contributed by atoms with E-state index in [0.29, 0.717) is 5.88 Å². The number of fused-ring (bicyclic) bond motifs is 2. The van der Waals surface area contributed by atoms with Crippen LogP contribution in [0.2, 0.25) is 0 Å². The van der Waals surface area contributed by atoms with Crippen LogP contribution in [-0.2, 0) is 6.42 Å². The SMILES string of the molecule is Cc1cccc(-c2ccc3c(n2)Oc2ccccc2C3)n1. The third kappa shape index (κ3) is 2.17. The average molecular weight is 274 g/mol. The molecule has 2 aromatic heterocycles. The number of benzene rings is 1. The molecule has 1 aliphatic rings. The molecule has 1 aromatic carbocycles. The largest absolute Gasteiger partial charge is 0.438 e. The highest BCUT2D eigenvalue weighted by Crippen LogP contribution is 2.35. The molecule has 0 spiro atoms. The van der Waals surface area contributed by atoms with Crippen LogP contribution in [0.15, 0.2) is 54.6 Å². The Bertz CT molecular complexity index is 827. The fourth-order valence-electron chi connectivity index (χ4n) is 2.58. The van der Waals surface area contributed by atoms with Crippen LogP contribution in [0.25, 0.3) is 11.4 Å². The molecule has 21 heavy (non-hydrogen) atoms. The van der Waals surface area contributed by atoms with Crippen LogP contribution in [0.1, 0.15) is 16.8 Å². The first-order valence-electron chi connectivity index (χ1n) is 6.99. The van der Waals surface area contributed by atoms with Crippen molar-refractivity contribution < 1.29 is 4.74 Å². The molecule has 0 atom stereocenters. The number of rotatable bonds is 1. The van der Waals surface area contributed by atoms with Crippen molar-refractivity contribution in [1.29, 1.82) is 0 Å². The van der Waals surface area contributed by atoms with Crippen molar-refractivity contribution in [1.82, 2.24) is 9.97 Å². The Balaban J connectivity index is 1.76. The van der Waals surface area contributed by atoms with Gasteiger partial charge in [0.05, 0.1) is 11.4 Å². The van der Waals surface area contributed by atoms with E-state index in [1.54, 1.807) is 0 Å². The van der Waals surface area contributed by atoms with Gasteiger partial charge >= 0.3 is 0 Å². The second-order valence-corrected chi connectivity index (χ2v) is 5.21. The van der Waals surface area contributed by atoms with Crippen LogP contribution in [0.4, 0.5) is 0 Å². The fourth-order valence-corrected chi connectivity index (χ4v) is 2.58. The van der Waals surface area contributed by atoms with Crippen molar-refractivity contribution in [2.45, 2.75) is 13.3 Å². The van der Waals surface area contributed by atoms with Crippen LogP contribution in [0.3, 0.4) is 0 Å². The van der Waals surface area contributed by atoms with Crippen LogP contribution < -0.4 is 4.74 Å². The Morgan fingerprint density at radius 3 is 2.57 bits per heavy atom. The lowest BCUT2D eigenvalue weighted by Crippen LogP contribution is -2.05. The lowest BCUT2D eigenvalue weighted by molar-refractivity contribution is 0.441. The minimum atomic E-state index is 0.689. The number of hydrogen-bond donors (Lipinski definition) is 0. The number of nitrogens with zero attached hydrogens (tertiary/aromatic N) is 2. The summed E-state index contributed by atoms with van der Waals surface area (Å²) in [6.07, 6.45) is 0.861. The van der Waals surface area contributed by atoms with E-state index in [1.165, 1.54) is 5.56 Å². The van der Waals surface area contributed by atoms with E-state index in [0.717, 1.165) is 34.8 Å². The number of para-hydroxylation sites is 1. The van der Waals surface area contributed by atoms with E-state index in [-0.39, 0.29) is 0 Å². The first-order chi connectivity index (χ1) is 10.3. The van der Waals surface area contributed by atoms with E-state index >= 15 is 0 Å². The van der Waals surface area contributed by atoms with Gasteiger partial charge in [-0.2, -0.15) is 0 Å². The van der Waals surface area contributed by atoms with Crippen molar-refractivity contribution in [3.8, 4) is 23.0 Å². The number of aromatic nitrogens is 2. The fraction of sp³-hybridized carbons (Fsp3) is 0.111. The molecule has 0 fully saturated rings. The Hall–Kier alpha value is -2.68. The molecule has 0 saturated heterocycles. The van der Waals surface area contributed by atoms with E-state index < -0.39 is 0 Å². The molecule has 0 bridgehead atoms. The van der Waals surface area contributed by atoms with E-state index in [1.807, 2.05) is 49.4 Å². The van der Waals surface area contributed by atoms with Gasteiger partial charge in [0.25, 0.3) is 0 Å². The van der Waals surface area contributed by atoms with Crippen LogP contribution in [-0.4, -0.2) is 9.97 Å². The van der Waals surface area contributed by atoms with Gasteiger partial charge in [-0.05, 0) is 36.8 Å². The van der Waals surface area contributed by atoms with Gasteiger partial charge in [-0.15, -0.1) is 0 Å². The minimum absolute atomic E-state index is 0.689. The van der Waals surface area contributed by atoms with Gasteiger partial charge in [0, 0.05) is 17.7 Å². The van der Waals surface area contributed by atoms with Gasteiger partial charge in [0.2, 0.25) is 5.88 Å². The second kappa shape index (κ2) is 4.70. The van der Waals surface area contributed by atoms with Crippen LogP contribution >= 0.6 is 0 Å². The predicted molar refractivity (Wildman–Crippen MR) is 81.5 cm³/mol. The zero-order valence-electron chi connectivity index (χ0n) is 11.7. The number of aryl methyl sites for hydroxylation is 1. The van der Waals surface area contributed by atoms with Gasteiger partial charge in [-0.1, -0.05) is 30.3 Å². The summed E-state index contributed by atoms with van der Waals surface area (Å²) < 4.78 is 5.93. The van der Waals surface area contributed by atoms with Gasteiger partial charge in [-0.3, -0.25) is 4.98 Å². The molecule has 0 saturated carbocycles. The highest BCUT2D eigenvalue weighted by atomic mass is 16.5. The molecule has 3 heteroatoms. The number of hydrogen-bond acceptors (Lipinski definition) is 3. The molecule has 0 unspecified atom stereocenters. The Morgan fingerprint density at radius 1 is 0.810 bits per heavy atom. The zero-order chi connectivity index (χ0) is 14.2. The molecule has 1 aliphatic heterocycles. The molecule has 4 rings (SSSR count). The maximum atomic E-state index is 5.93. The topological polar surface area (TPSA) is 35.0 Å². The first-order valence-corrected chi connectivity index (χ1v) is 6.99. The highest BCUT2D eigenvalue weighted by molar-refractivity contribution is 5.58. The summed E-state index contributed by atoms with van der Waals surface area (Å²) in [5.74, 6) is 1.58. The summed E-state index contributed by atoms with van der Waals surface area (Å²) in [4.78, 5) is 9.16. The van der Waals surface area contributed by atoms with Crippen LogP contribution in [0, 0.1) is 6.92 Å². The highest BCUT2D eigenvalue weighted by Gasteiger charge is 2.18. The summed E-state index contributed by atoms with van der Waals surface area (Å²) in [6.45, 7) is 1.98. The van der Waals surface area contributed by atoms with E-state index in [2.05, 4.69) is 22.1 Å². The standard InChI is InChI=1S/C18H14N2O/c1-12-5-4-7-15(19-12)16-10-9-14-11-13-6-2-3-8-17(13)21-18(14)20-16/h2-10H,11H2,1H3. The number of pyridine rings is 2. The van der Waals surface area contributed by atoms with Crippen molar-refractivity contribution >= 4 is 0 Å². The van der Waals surface area contributed by atoms with E-state index in [4.69, 9.17) is 4.74 Å². The molecule has 0 aliphatic carbocycles. The summed E-state index contributed by atoms with van der Waals surface area (Å²) in [5, 5.41) is 0. The minimum Gasteiger partial charge on any atom is -0.438 e. The second-order valence-electron chi connectivity index (χ2n) is 5.21. The van der Waals surface area contributed by atoms with Gasteiger partial charge < -0.3 is 4.74 Å². The molecule has 0 radical (unpaired) electrons. The Morgan fingerprint density at radius 2 is 1.67 bits per heavy atom. The summed E-state index contributed by atoms with van der Waals surface area (Å²) >= 11 is 0. The maximum absolute atomic E-state index is 5.93. The summed E-state index contributed by atoms with van der Waals surface area (Å²) in [5.41, 5.74) is 5.02.